The lowest BCUT2D eigenvalue weighted by molar-refractivity contribution is -0.152. The van der Waals surface area contributed by atoms with E-state index in [1.165, 1.54) is 7.11 Å². The predicted molar refractivity (Wildman–Crippen MR) is 98.9 cm³/mol. The van der Waals surface area contributed by atoms with Gasteiger partial charge in [-0.3, -0.25) is 9.36 Å². The maximum atomic E-state index is 13.5. The number of ether oxygens (including phenoxy) is 2. The first-order valence-electron chi connectivity index (χ1n) is 8.75. The number of hydrogen-bond donors (Lipinski definition) is 4. The molecule has 10 nitrogen and oxygen atoms in total. The van der Waals surface area contributed by atoms with Crippen LogP contribution in [0.15, 0.2) is 35.3 Å². The van der Waals surface area contributed by atoms with E-state index >= 15 is 0 Å². The Morgan fingerprint density at radius 1 is 1.38 bits per heavy atom. The van der Waals surface area contributed by atoms with Gasteiger partial charge in [0.2, 0.25) is 0 Å². The summed E-state index contributed by atoms with van der Waals surface area (Å²) >= 11 is 0. The second kappa shape index (κ2) is 8.55. The predicted octanol–water partition coefficient (Wildman–Crippen LogP) is -1.11. The Hall–Kier alpha value is -3.02. The molecule has 0 saturated carbocycles. The highest BCUT2D eigenvalue weighted by molar-refractivity contribution is 5.94. The number of halogens is 1. The number of rotatable bonds is 5. The van der Waals surface area contributed by atoms with Crippen LogP contribution in [0, 0.1) is 5.82 Å². The molecule has 3 rings (SSSR count). The highest BCUT2D eigenvalue weighted by atomic mass is 19.1. The minimum absolute atomic E-state index is 0.121. The van der Waals surface area contributed by atoms with Crippen molar-refractivity contribution >= 4 is 11.7 Å². The molecule has 0 spiro atoms. The molecule has 11 heteroatoms. The molecule has 0 aliphatic carbocycles. The molecule has 5 N–H and O–H groups in total. The molecule has 1 aliphatic rings. The number of amides is 1. The average Bonchev–Trinajstić information content (AvgIpc) is 2.71. The third-order valence-corrected chi connectivity index (χ3v) is 4.65. The Kier molecular flexibility index (Phi) is 6.11. The van der Waals surface area contributed by atoms with Gasteiger partial charge in [-0.15, -0.1) is 0 Å². The van der Waals surface area contributed by atoms with Gasteiger partial charge < -0.3 is 30.7 Å². The van der Waals surface area contributed by atoms with Gasteiger partial charge in [0.25, 0.3) is 5.91 Å². The van der Waals surface area contributed by atoms with Crippen LogP contribution in [0.1, 0.15) is 10.4 Å². The average molecular weight is 408 g/mol. The summed E-state index contributed by atoms with van der Waals surface area (Å²) in [5.41, 5.74) is 4.76. The number of methoxy groups -OCH3 is 1. The van der Waals surface area contributed by atoms with Gasteiger partial charge in [-0.25, -0.2) is 9.18 Å². The lowest BCUT2D eigenvalue weighted by Crippen LogP contribution is -2.60. The summed E-state index contributed by atoms with van der Waals surface area (Å²) < 4.78 is 25.0. The number of nitrogens with zero attached hydrogens (tertiary/aromatic N) is 2. The van der Waals surface area contributed by atoms with E-state index in [0.717, 1.165) is 10.8 Å². The van der Waals surface area contributed by atoms with Crippen LogP contribution in [-0.4, -0.2) is 63.7 Å². The van der Waals surface area contributed by atoms with Gasteiger partial charge in [0, 0.05) is 11.8 Å². The molecule has 29 heavy (non-hydrogen) atoms. The van der Waals surface area contributed by atoms with E-state index in [2.05, 4.69) is 10.3 Å². The standard InChI is InChI=1S/C18H21FN4O6/c1-28-10-4-2-9(3-5-10)17(26)21-12-8-29-13(15(25)14(12)24)7-23-6-11(19)16(20)22-18(23)27/h2-6,12-15,24-25H,7-8H2,1H3,(H,21,26)(H2,20,22,27)/t12-,13-,14+,15-/m1/s1. The van der Waals surface area contributed by atoms with Crippen molar-refractivity contribution in [3.05, 3.63) is 52.3 Å². The van der Waals surface area contributed by atoms with Gasteiger partial charge in [-0.1, -0.05) is 0 Å². The zero-order valence-corrected chi connectivity index (χ0v) is 15.5. The van der Waals surface area contributed by atoms with Crippen LogP contribution < -0.4 is 21.5 Å². The third kappa shape index (κ3) is 4.53. The van der Waals surface area contributed by atoms with Gasteiger partial charge in [0.15, 0.2) is 11.6 Å². The Morgan fingerprint density at radius 3 is 2.72 bits per heavy atom. The summed E-state index contributed by atoms with van der Waals surface area (Å²) in [6.07, 6.45) is -2.96. The topological polar surface area (TPSA) is 149 Å². The Labute approximate surface area is 164 Å². The second-order valence-corrected chi connectivity index (χ2v) is 6.57. The molecular weight excluding hydrogens is 387 g/mol. The number of aliphatic hydroxyl groups is 2. The van der Waals surface area contributed by atoms with Crippen molar-refractivity contribution in [3.63, 3.8) is 0 Å². The first-order valence-corrected chi connectivity index (χ1v) is 8.75. The molecule has 1 saturated heterocycles. The lowest BCUT2D eigenvalue weighted by Gasteiger charge is -2.38. The minimum Gasteiger partial charge on any atom is -0.497 e. The van der Waals surface area contributed by atoms with Crippen LogP contribution >= 0.6 is 0 Å². The van der Waals surface area contributed by atoms with Gasteiger partial charge in [0.1, 0.15) is 24.1 Å². The van der Waals surface area contributed by atoms with E-state index in [4.69, 9.17) is 15.2 Å². The van der Waals surface area contributed by atoms with Gasteiger partial charge in [-0.2, -0.15) is 4.98 Å². The molecule has 1 aromatic carbocycles. The summed E-state index contributed by atoms with van der Waals surface area (Å²) in [6, 6.07) is 5.46. The molecule has 1 amide bonds. The van der Waals surface area contributed by atoms with E-state index < -0.39 is 47.6 Å². The van der Waals surface area contributed by atoms with Crippen molar-refractivity contribution < 1.29 is 28.9 Å². The first kappa shape index (κ1) is 20.7. The summed E-state index contributed by atoms with van der Waals surface area (Å²) in [6.45, 7) is -0.370. The number of anilines is 1. The normalized spacial score (nSPS) is 24.1. The number of nitrogens with two attached hydrogens (primary N) is 1. The van der Waals surface area contributed by atoms with E-state index in [1.54, 1.807) is 24.3 Å². The van der Waals surface area contributed by atoms with Crippen molar-refractivity contribution in [2.45, 2.75) is 30.9 Å². The molecule has 0 unspecified atom stereocenters. The summed E-state index contributed by atoms with van der Waals surface area (Å²) in [7, 11) is 1.51. The van der Waals surface area contributed by atoms with Crippen molar-refractivity contribution in [1.82, 2.24) is 14.9 Å². The molecule has 0 radical (unpaired) electrons. The summed E-state index contributed by atoms with van der Waals surface area (Å²) in [5, 5.41) is 23.3. The van der Waals surface area contributed by atoms with Crippen molar-refractivity contribution in [3.8, 4) is 5.75 Å². The maximum absolute atomic E-state index is 13.5. The molecule has 1 aliphatic heterocycles. The van der Waals surface area contributed by atoms with Crippen LogP contribution in [0.4, 0.5) is 10.2 Å². The smallest absolute Gasteiger partial charge is 0.349 e. The van der Waals surface area contributed by atoms with Gasteiger partial charge in [0.05, 0.1) is 26.3 Å². The monoisotopic (exact) mass is 408 g/mol. The zero-order valence-electron chi connectivity index (χ0n) is 15.5. The highest BCUT2D eigenvalue weighted by Crippen LogP contribution is 2.18. The van der Waals surface area contributed by atoms with Crippen LogP contribution in [0.25, 0.3) is 0 Å². The number of aromatic nitrogens is 2. The molecule has 1 aromatic heterocycles. The van der Waals surface area contributed by atoms with Crippen molar-refractivity contribution in [1.29, 1.82) is 0 Å². The molecule has 156 valence electrons. The molecular formula is C18H21FN4O6. The number of aliphatic hydroxyl groups excluding tert-OH is 2. The van der Waals surface area contributed by atoms with E-state index in [0.29, 0.717) is 11.3 Å². The summed E-state index contributed by atoms with van der Waals surface area (Å²) in [5.74, 6) is -1.30. The maximum Gasteiger partial charge on any atom is 0.349 e. The number of nitrogens with one attached hydrogen (secondary N) is 1. The van der Waals surface area contributed by atoms with Gasteiger partial charge >= 0.3 is 5.69 Å². The van der Waals surface area contributed by atoms with E-state index in [-0.39, 0.29) is 13.2 Å². The lowest BCUT2D eigenvalue weighted by atomic mass is 9.97. The number of hydrogen-bond acceptors (Lipinski definition) is 8. The molecule has 2 heterocycles. The molecule has 1 fully saturated rings. The van der Waals surface area contributed by atoms with E-state index in [1.807, 2.05) is 0 Å². The molecule has 2 aromatic rings. The van der Waals surface area contributed by atoms with Crippen LogP contribution in [-0.2, 0) is 11.3 Å². The van der Waals surface area contributed by atoms with Crippen LogP contribution in [0.3, 0.4) is 0 Å². The Balaban J connectivity index is 1.64. The molecule has 0 bridgehead atoms. The fourth-order valence-electron chi connectivity index (χ4n) is 2.97. The number of carbonyl (C=O) groups excluding carboxylic acids is 1. The zero-order chi connectivity index (χ0) is 21.1. The van der Waals surface area contributed by atoms with E-state index in [9.17, 15) is 24.2 Å². The second-order valence-electron chi connectivity index (χ2n) is 6.57. The Morgan fingerprint density at radius 2 is 2.07 bits per heavy atom. The van der Waals surface area contributed by atoms with Crippen LogP contribution in [0.2, 0.25) is 0 Å². The van der Waals surface area contributed by atoms with Gasteiger partial charge in [-0.05, 0) is 24.3 Å². The van der Waals surface area contributed by atoms with Crippen molar-refractivity contribution in [2.75, 3.05) is 19.5 Å². The Bertz CT molecular complexity index is 935. The SMILES string of the molecule is COc1ccc(C(=O)N[C@@H]2CO[C@H](Cn3cc(F)c(N)nc3=O)[C@@H](O)[C@H]2O)cc1. The van der Waals surface area contributed by atoms with Crippen LogP contribution in [0.5, 0.6) is 5.75 Å². The number of benzene rings is 1. The molecule has 4 atom stereocenters. The quantitative estimate of drug-likeness (QED) is 0.487. The first-order chi connectivity index (χ1) is 13.8. The highest BCUT2D eigenvalue weighted by Gasteiger charge is 2.39. The number of carbonyl (C=O) groups is 1. The summed E-state index contributed by atoms with van der Waals surface area (Å²) in [4.78, 5) is 27.5. The largest absolute Gasteiger partial charge is 0.497 e. The third-order valence-electron chi connectivity index (χ3n) is 4.65. The number of nitrogen functional groups attached to an aromatic ring is 1. The fraction of sp³-hybridized carbons (Fsp3) is 0.389. The minimum atomic E-state index is -1.43. The van der Waals surface area contributed by atoms with Crippen molar-refractivity contribution in [2.24, 2.45) is 0 Å². The fourth-order valence-corrected chi connectivity index (χ4v) is 2.97.